The third-order valence-electron chi connectivity index (χ3n) is 5.43. The summed E-state index contributed by atoms with van der Waals surface area (Å²) in [6.45, 7) is 6.29. The molecule has 3 rings (SSSR count). The Morgan fingerprint density at radius 1 is 1.19 bits per heavy atom. The van der Waals surface area contributed by atoms with E-state index in [0.29, 0.717) is 23.2 Å². The maximum absolute atomic E-state index is 12.4. The number of aryl methyl sites for hydroxylation is 1. The van der Waals surface area contributed by atoms with Crippen LogP contribution in [0.25, 0.3) is 0 Å². The first kappa shape index (κ1) is 23.6. The van der Waals surface area contributed by atoms with Gasteiger partial charge in [0.15, 0.2) is 17.4 Å². The Morgan fingerprint density at radius 2 is 1.94 bits per heavy atom. The molecule has 0 aliphatic carbocycles. The molecule has 0 saturated heterocycles. The lowest BCUT2D eigenvalue weighted by atomic mass is 9.90. The number of carbonyl (C=O) groups is 1. The number of aromatic nitrogens is 2. The topological polar surface area (TPSA) is 104 Å². The van der Waals surface area contributed by atoms with Crippen LogP contribution < -0.4 is 10.6 Å². The second-order valence-corrected chi connectivity index (χ2v) is 8.54. The molecule has 8 nitrogen and oxygen atoms in total. The van der Waals surface area contributed by atoms with Crippen molar-refractivity contribution >= 4 is 35.0 Å². The van der Waals surface area contributed by atoms with Crippen LogP contribution in [0.1, 0.15) is 61.0 Å². The fraction of sp³-hybridized carbons (Fsp3) is 0.435. The average molecular weight is 458 g/mol. The largest absolute Gasteiger partial charge is 0.505 e. The fourth-order valence-electron chi connectivity index (χ4n) is 3.72. The standard InChI is InChI=1S/C23H31N5O3S/c1-6-9-15(7-2)19(18-13-12-14(3)31-18)25-22-21(26-32-27-22)24-17-11-8-10-16(20(17)29)23(30)28(4)5/h8,10-13,15,19,29H,6-7,9H2,1-5H3,(H,24,26)(H,25,27). The van der Waals surface area contributed by atoms with E-state index in [9.17, 15) is 9.90 Å². The van der Waals surface area contributed by atoms with E-state index >= 15 is 0 Å². The number of nitrogens with zero attached hydrogens (tertiary/aromatic N) is 3. The maximum atomic E-state index is 12.4. The highest BCUT2D eigenvalue weighted by molar-refractivity contribution is 6.99. The van der Waals surface area contributed by atoms with Crippen LogP contribution in [-0.4, -0.2) is 38.8 Å². The number of para-hydroxylation sites is 1. The van der Waals surface area contributed by atoms with Crippen molar-refractivity contribution in [1.29, 1.82) is 0 Å². The van der Waals surface area contributed by atoms with E-state index in [1.165, 1.54) is 4.90 Å². The molecule has 2 aromatic heterocycles. The van der Waals surface area contributed by atoms with Crippen molar-refractivity contribution in [1.82, 2.24) is 13.6 Å². The molecule has 3 N–H and O–H groups in total. The van der Waals surface area contributed by atoms with Crippen molar-refractivity contribution in [3.63, 3.8) is 0 Å². The van der Waals surface area contributed by atoms with Crippen molar-refractivity contribution in [2.24, 2.45) is 5.92 Å². The van der Waals surface area contributed by atoms with E-state index in [0.717, 1.165) is 42.5 Å². The van der Waals surface area contributed by atoms with Gasteiger partial charge in [0.1, 0.15) is 11.5 Å². The predicted molar refractivity (Wildman–Crippen MR) is 128 cm³/mol. The predicted octanol–water partition coefficient (Wildman–Crippen LogP) is 5.57. The summed E-state index contributed by atoms with van der Waals surface area (Å²) in [7, 11) is 3.29. The number of phenolic OH excluding ortho intramolecular Hbond substituents is 1. The lowest BCUT2D eigenvalue weighted by Crippen LogP contribution is -2.22. The van der Waals surface area contributed by atoms with Crippen LogP contribution in [0.3, 0.4) is 0 Å². The zero-order valence-electron chi connectivity index (χ0n) is 19.2. The number of hydrogen-bond donors (Lipinski definition) is 3. The van der Waals surface area contributed by atoms with Crippen LogP contribution in [0, 0.1) is 12.8 Å². The van der Waals surface area contributed by atoms with Gasteiger partial charge in [-0.25, -0.2) is 0 Å². The third kappa shape index (κ3) is 5.21. The van der Waals surface area contributed by atoms with Crippen LogP contribution >= 0.6 is 11.7 Å². The van der Waals surface area contributed by atoms with Gasteiger partial charge in [-0.2, -0.15) is 8.75 Å². The molecule has 0 radical (unpaired) electrons. The van der Waals surface area contributed by atoms with E-state index in [-0.39, 0.29) is 23.3 Å². The molecular weight excluding hydrogens is 426 g/mol. The summed E-state index contributed by atoms with van der Waals surface area (Å²) >= 11 is 1.07. The summed E-state index contributed by atoms with van der Waals surface area (Å²) in [6, 6.07) is 8.91. The third-order valence-corrected chi connectivity index (χ3v) is 5.96. The number of carbonyl (C=O) groups excluding carboxylic acids is 1. The Balaban J connectivity index is 1.89. The number of furan rings is 1. The minimum absolute atomic E-state index is 0.0617. The molecule has 9 heteroatoms. The van der Waals surface area contributed by atoms with Crippen LogP contribution in [-0.2, 0) is 0 Å². The number of benzene rings is 1. The fourth-order valence-corrected chi connectivity index (χ4v) is 4.19. The number of nitrogens with one attached hydrogen (secondary N) is 2. The molecule has 2 atom stereocenters. The molecule has 32 heavy (non-hydrogen) atoms. The van der Waals surface area contributed by atoms with E-state index in [1.807, 2.05) is 19.1 Å². The molecule has 172 valence electrons. The van der Waals surface area contributed by atoms with Gasteiger partial charge in [0.2, 0.25) is 0 Å². The molecule has 1 amide bonds. The Labute approximate surface area is 193 Å². The summed E-state index contributed by atoms with van der Waals surface area (Å²) in [5, 5.41) is 17.3. The number of aromatic hydroxyl groups is 1. The maximum Gasteiger partial charge on any atom is 0.257 e. The average Bonchev–Trinajstić information content (AvgIpc) is 3.40. The first-order valence-corrected chi connectivity index (χ1v) is 11.5. The van der Waals surface area contributed by atoms with E-state index in [1.54, 1.807) is 32.3 Å². The van der Waals surface area contributed by atoms with Crippen molar-refractivity contribution in [2.75, 3.05) is 24.7 Å². The lowest BCUT2D eigenvalue weighted by Gasteiger charge is -2.26. The molecule has 0 saturated carbocycles. The number of phenols is 1. The van der Waals surface area contributed by atoms with Crippen LogP contribution in [0.2, 0.25) is 0 Å². The smallest absolute Gasteiger partial charge is 0.257 e. The van der Waals surface area contributed by atoms with E-state index in [4.69, 9.17) is 4.42 Å². The van der Waals surface area contributed by atoms with Crippen molar-refractivity contribution in [3.05, 3.63) is 47.4 Å². The lowest BCUT2D eigenvalue weighted by molar-refractivity contribution is 0.0824. The normalized spacial score (nSPS) is 12.9. The van der Waals surface area contributed by atoms with E-state index in [2.05, 4.69) is 33.2 Å². The number of rotatable bonds is 10. The minimum Gasteiger partial charge on any atom is -0.505 e. The summed E-state index contributed by atoms with van der Waals surface area (Å²) in [5.74, 6) is 2.74. The minimum atomic E-state index is -0.278. The van der Waals surface area contributed by atoms with Gasteiger partial charge in [-0.1, -0.05) is 32.8 Å². The first-order valence-electron chi connectivity index (χ1n) is 10.8. The molecule has 0 aliphatic rings. The molecule has 3 aromatic rings. The van der Waals surface area contributed by atoms with Crippen LogP contribution in [0.5, 0.6) is 5.75 Å². The quantitative estimate of drug-likeness (QED) is 0.342. The molecule has 0 aliphatic heterocycles. The van der Waals surface area contributed by atoms with E-state index < -0.39 is 0 Å². The summed E-state index contributed by atoms with van der Waals surface area (Å²) in [6.07, 6.45) is 3.10. The van der Waals surface area contributed by atoms with Gasteiger partial charge >= 0.3 is 0 Å². The van der Waals surface area contributed by atoms with Crippen molar-refractivity contribution in [2.45, 2.75) is 46.1 Å². The summed E-state index contributed by atoms with van der Waals surface area (Å²) in [4.78, 5) is 13.8. The van der Waals surface area contributed by atoms with Gasteiger partial charge < -0.3 is 25.1 Å². The number of anilines is 3. The van der Waals surface area contributed by atoms with Crippen molar-refractivity contribution < 1.29 is 14.3 Å². The van der Waals surface area contributed by atoms with Gasteiger partial charge in [-0.15, -0.1) is 0 Å². The highest BCUT2D eigenvalue weighted by atomic mass is 32.1. The molecule has 0 spiro atoms. The summed E-state index contributed by atoms with van der Waals surface area (Å²) in [5.41, 5.74) is 0.607. The van der Waals surface area contributed by atoms with Gasteiger partial charge in [0.25, 0.3) is 5.91 Å². The molecule has 2 heterocycles. The Morgan fingerprint density at radius 3 is 2.56 bits per heavy atom. The van der Waals surface area contributed by atoms with Crippen molar-refractivity contribution in [3.8, 4) is 5.75 Å². The SMILES string of the molecule is CCCC(CC)C(Nc1nsnc1Nc1cccc(C(=O)N(C)C)c1O)c1ccc(C)o1. The van der Waals surface area contributed by atoms with Crippen LogP contribution in [0.4, 0.5) is 17.3 Å². The second-order valence-electron chi connectivity index (χ2n) is 8.02. The number of amides is 1. The highest BCUT2D eigenvalue weighted by Crippen LogP contribution is 2.37. The summed E-state index contributed by atoms with van der Waals surface area (Å²) < 4.78 is 14.8. The van der Waals surface area contributed by atoms with Gasteiger partial charge in [0.05, 0.1) is 29.0 Å². The van der Waals surface area contributed by atoms with Crippen LogP contribution in [0.15, 0.2) is 34.7 Å². The monoisotopic (exact) mass is 457 g/mol. The zero-order valence-corrected chi connectivity index (χ0v) is 20.0. The number of hydrogen-bond acceptors (Lipinski definition) is 8. The molecule has 2 unspecified atom stereocenters. The van der Waals surface area contributed by atoms with Gasteiger partial charge in [-0.3, -0.25) is 4.79 Å². The Hall–Kier alpha value is -3.07. The molecule has 0 bridgehead atoms. The Kier molecular flexibility index (Phi) is 7.74. The molecule has 1 aromatic carbocycles. The zero-order chi connectivity index (χ0) is 23.3. The second kappa shape index (κ2) is 10.5. The Bertz CT molecular complexity index is 1050. The molecule has 0 fully saturated rings. The first-order chi connectivity index (χ1) is 15.3. The van der Waals surface area contributed by atoms with Gasteiger partial charge in [0, 0.05) is 14.1 Å². The van der Waals surface area contributed by atoms with Gasteiger partial charge in [-0.05, 0) is 43.5 Å². The highest BCUT2D eigenvalue weighted by Gasteiger charge is 2.26. The molecular formula is C23H31N5O3S.